The van der Waals surface area contributed by atoms with Crippen molar-refractivity contribution < 1.29 is 19.4 Å². The van der Waals surface area contributed by atoms with Crippen LogP contribution in [0.15, 0.2) is 0 Å². The second-order valence-electron chi connectivity index (χ2n) is 4.50. The Morgan fingerprint density at radius 3 is 2.75 bits per heavy atom. The van der Waals surface area contributed by atoms with E-state index in [9.17, 15) is 9.90 Å². The summed E-state index contributed by atoms with van der Waals surface area (Å²) in [5.41, 5.74) is -0.617. The second kappa shape index (κ2) is 5.50. The lowest BCUT2D eigenvalue weighted by atomic mass is 9.94. The predicted molar refractivity (Wildman–Crippen MR) is 59.2 cm³/mol. The normalized spacial score (nSPS) is 25.9. The van der Waals surface area contributed by atoms with Gasteiger partial charge in [0.05, 0.1) is 19.3 Å². The zero-order valence-electron chi connectivity index (χ0n) is 10.2. The van der Waals surface area contributed by atoms with E-state index in [1.54, 1.807) is 12.0 Å². The molecule has 1 N–H and O–H groups in total. The van der Waals surface area contributed by atoms with E-state index in [0.717, 1.165) is 12.8 Å². The molecule has 1 heterocycles. The zero-order chi connectivity index (χ0) is 12.2. The van der Waals surface area contributed by atoms with Crippen LogP contribution in [0.3, 0.4) is 0 Å². The van der Waals surface area contributed by atoms with Crippen molar-refractivity contribution in [3.63, 3.8) is 0 Å². The van der Waals surface area contributed by atoms with Crippen LogP contribution in [0.4, 0.5) is 4.79 Å². The third-order valence-corrected chi connectivity index (χ3v) is 2.86. The fourth-order valence-electron chi connectivity index (χ4n) is 1.89. The summed E-state index contributed by atoms with van der Waals surface area (Å²) in [7, 11) is 1.56. The van der Waals surface area contributed by atoms with E-state index in [1.165, 1.54) is 0 Å². The summed E-state index contributed by atoms with van der Waals surface area (Å²) in [4.78, 5) is 13.3. The van der Waals surface area contributed by atoms with Gasteiger partial charge in [-0.15, -0.1) is 0 Å². The van der Waals surface area contributed by atoms with Gasteiger partial charge in [-0.1, -0.05) is 0 Å². The fourth-order valence-corrected chi connectivity index (χ4v) is 1.89. The number of piperidine rings is 1. The van der Waals surface area contributed by atoms with Crippen LogP contribution in [0.2, 0.25) is 0 Å². The summed E-state index contributed by atoms with van der Waals surface area (Å²) >= 11 is 0. The molecule has 1 atom stereocenters. The molecule has 0 aliphatic carbocycles. The van der Waals surface area contributed by atoms with Gasteiger partial charge in [-0.3, -0.25) is 0 Å². The smallest absolute Gasteiger partial charge is 0.410 e. The monoisotopic (exact) mass is 231 g/mol. The molecule has 0 saturated carbocycles. The van der Waals surface area contributed by atoms with E-state index in [-0.39, 0.29) is 18.8 Å². The standard InChI is InChI=1S/C11H21NO4/c1-9(2)16-10(14)12-6-4-5-11(7-12,8-13)15-3/h9,13H,4-8H2,1-3H3. The van der Waals surface area contributed by atoms with E-state index < -0.39 is 5.60 Å². The zero-order valence-corrected chi connectivity index (χ0v) is 10.2. The molecule has 1 aliphatic rings. The Morgan fingerprint density at radius 1 is 1.56 bits per heavy atom. The second-order valence-corrected chi connectivity index (χ2v) is 4.50. The average molecular weight is 231 g/mol. The van der Waals surface area contributed by atoms with Gasteiger partial charge in [0, 0.05) is 13.7 Å². The van der Waals surface area contributed by atoms with Crippen molar-refractivity contribution in [2.75, 3.05) is 26.8 Å². The fraction of sp³-hybridized carbons (Fsp3) is 0.909. The maximum absolute atomic E-state index is 11.7. The lowest BCUT2D eigenvalue weighted by Gasteiger charge is -2.40. The molecule has 0 aromatic heterocycles. The molecule has 0 spiro atoms. The van der Waals surface area contributed by atoms with Crippen molar-refractivity contribution in [3.05, 3.63) is 0 Å². The molecule has 5 nitrogen and oxygen atoms in total. The van der Waals surface area contributed by atoms with Crippen LogP contribution in [-0.4, -0.2) is 54.6 Å². The number of aliphatic hydroxyl groups excluding tert-OH is 1. The molecule has 0 bridgehead atoms. The van der Waals surface area contributed by atoms with Gasteiger partial charge in [-0.25, -0.2) is 4.79 Å². The van der Waals surface area contributed by atoms with Gasteiger partial charge in [-0.05, 0) is 26.7 Å². The van der Waals surface area contributed by atoms with Crippen LogP contribution >= 0.6 is 0 Å². The number of nitrogens with zero attached hydrogens (tertiary/aromatic N) is 1. The van der Waals surface area contributed by atoms with Gasteiger partial charge in [0.15, 0.2) is 0 Å². The van der Waals surface area contributed by atoms with Crippen LogP contribution in [0, 0.1) is 0 Å². The highest BCUT2D eigenvalue weighted by Crippen LogP contribution is 2.24. The van der Waals surface area contributed by atoms with Crippen LogP contribution in [0.5, 0.6) is 0 Å². The Balaban J connectivity index is 2.59. The highest BCUT2D eigenvalue weighted by molar-refractivity contribution is 5.68. The Labute approximate surface area is 96.3 Å². The highest BCUT2D eigenvalue weighted by atomic mass is 16.6. The Bertz CT molecular complexity index is 238. The topological polar surface area (TPSA) is 59.0 Å². The number of likely N-dealkylation sites (tertiary alicyclic amines) is 1. The molecule has 16 heavy (non-hydrogen) atoms. The molecule has 1 amide bonds. The van der Waals surface area contributed by atoms with E-state index in [2.05, 4.69) is 0 Å². The maximum atomic E-state index is 11.7. The summed E-state index contributed by atoms with van der Waals surface area (Å²) in [5, 5.41) is 9.32. The summed E-state index contributed by atoms with van der Waals surface area (Å²) in [5.74, 6) is 0. The number of amides is 1. The third-order valence-electron chi connectivity index (χ3n) is 2.86. The SMILES string of the molecule is COC1(CO)CCCN(C(=O)OC(C)C)C1. The van der Waals surface area contributed by atoms with Gasteiger partial charge in [-0.2, -0.15) is 0 Å². The Kier molecular flexibility index (Phi) is 4.56. The number of hydrogen-bond acceptors (Lipinski definition) is 4. The maximum Gasteiger partial charge on any atom is 0.410 e. The van der Waals surface area contributed by atoms with Gasteiger partial charge in [0.2, 0.25) is 0 Å². The number of carbonyl (C=O) groups is 1. The van der Waals surface area contributed by atoms with Crippen molar-refractivity contribution in [1.82, 2.24) is 4.90 Å². The van der Waals surface area contributed by atoms with Crippen molar-refractivity contribution in [3.8, 4) is 0 Å². The molecular formula is C11H21NO4. The first-order valence-corrected chi connectivity index (χ1v) is 5.64. The highest BCUT2D eigenvalue weighted by Gasteiger charge is 2.37. The molecule has 0 aromatic carbocycles. The molecular weight excluding hydrogens is 210 g/mol. The van der Waals surface area contributed by atoms with E-state index in [0.29, 0.717) is 13.1 Å². The molecule has 5 heteroatoms. The lowest BCUT2D eigenvalue weighted by Crippen LogP contribution is -2.53. The molecule has 1 rings (SSSR count). The number of methoxy groups -OCH3 is 1. The summed E-state index contributed by atoms with van der Waals surface area (Å²) in [6.45, 7) is 4.62. The van der Waals surface area contributed by atoms with Crippen molar-refractivity contribution in [1.29, 1.82) is 0 Å². The molecule has 94 valence electrons. The number of rotatable bonds is 3. The molecule has 1 fully saturated rings. The minimum Gasteiger partial charge on any atom is -0.447 e. The van der Waals surface area contributed by atoms with Crippen LogP contribution in [0.1, 0.15) is 26.7 Å². The summed E-state index contributed by atoms with van der Waals surface area (Å²) in [6, 6.07) is 0. The van der Waals surface area contributed by atoms with E-state index in [1.807, 2.05) is 13.8 Å². The van der Waals surface area contributed by atoms with Crippen molar-refractivity contribution in [2.24, 2.45) is 0 Å². The average Bonchev–Trinajstić information content (AvgIpc) is 2.28. The summed E-state index contributed by atoms with van der Waals surface area (Å²) in [6.07, 6.45) is 1.14. The number of aliphatic hydroxyl groups is 1. The lowest BCUT2D eigenvalue weighted by molar-refractivity contribution is -0.0925. The minimum absolute atomic E-state index is 0.0744. The first-order valence-electron chi connectivity index (χ1n) is 5.64. The molecule has 1 saturated heterocycles. The Hall–Kier alpha value is -0.810. The van der Waals surface area contributed by atoms with Crippen LogP contribution in [0.25, 0.3) is 0 Å². The van der Waals surface area contributed by atoms with Crippen LogP contribution < -0.4 is 0 Å². The number of hydrogen-bond donors (Lipinski definition) is 1. The van der Waals surface area contributed by atoms with Crippen LogP contribution in [-0.2, 0) is 9.47 Å². The Morgan fingerprint density at radius 2 is 2.25 bits per heavy atom. The number of ether oxygens (including phenoxy) is 2. The first-order chi connectivity index (χ1) is 7.53. The predicted octanol–water partition coefficient (Wildman–Crippen LogP) is 1.00. The minimum atomic E-state index is -0.617. The quantitative estimate of drug-likeness (QED) is 0.787. The molecule has 0 aromatic rings. The molecule has 0 radical (unpaired) electrons. The number of carbonyl (C=O) groups excluding carboxylic acids is 1. The third kappa shape index (κ3) is 3.09. The largest absolute Gasteiger partial charge is 0.447 e. The van der Waals surface area contributed by atoms with Crippen molar-refractivity contribution >= 4 is 6.09 Å². The van der Waals surface area contributed by atoms with Gasteiger partial charge in [0.1, 0.15) is 5.60 Å². The van der Waals surface area contributed by atoms with Gasteiger partial charge in [0.25, 0.3) is 0 Å². The van der Waals surface area contributed by atoms with E-state index in [4.69, 9.17) is 9.47 Å². The molecule has 1 aliphatic heterocycles. The first kappa shape index (κ1) is 13.3. The molecule has 1 unspecified atom stereocenters. The van der Waals surface area contributed by atoms with Gasteiger partial charge >= 0.3 is 6.09 Å². The van der Waals surface area contributed by atoms with E-state index >= 15 is 0 Å². The van der Waals surface area contributed by atoms with Crippen molar-refractivity contribution in [2.45, 2.75) is 38.4 Å². The van der Waals surface area contributed by atoms with Gasteiger partial charge < -0.3 is 19.5 Å². The summed E-state index contributed by atoms with van der Waals surface area (Å²) < 4.78 is 10.4.